The Bertz CT molecular complexity index is 184. The molecule has 2 saturated heterocycles. The third-order valence-electron chi connectivity index (χ3n) is 2.65. The van der Waals surface area contributed by atoms with Crippen LogP contribution in [0.3, 0.4) is 0 Å². The molecule has 0 radical (unpaired) electrons. The number of rotatable bonds is 0. The average molecular weight is 184 g/mol. The summed E-state index contributed by atoms with van der Waals surface area (Å²) in [6, 6.07) is 0.164. The van der Waals surface area contributed by atoms with Crippen LogP contribution in [-0.4, -0.2) is 48.8 Å². The summed E-state index contributed by atoms with van der Waals surface area (Å²) in [7, 11) is 0. The number of amides is 2. The number of likely N-dealkylation sites (tertiary alicyclic amines) is 1. The summed E-state index contributed by atoms with van der Waals surface area (Å²) in [5.41, 5.74) is 0. The molecule has 2 aliphatic heterocycles. The molecule has 0 aliphatic carbocycles. The van der Waals surface area contributed by atoms with E-state index in [0.717, 1.165) is 32.5 Å². The standard InChI is InChI=1S/C9H16N2O2/c12-9(11-6-7-13-8-11)10-4-2-1-3-5-10/h1-8H2. The Morgan fingerprint density at radius 2 is 1.77 bits per heavy atom. The van der Waals surface area contributed by atoms with Gasteiger partial charge in [0.25, 0.3) is 0 Å². The number of urea groups is 1. The number of ether oxygens (including phenoxy) is 1. The van der Waals surface area contributed by atoms with Crippen molar-refractivity contribution in [2.75, 3.05) is 33.0 Å². The SMILES string of the molecule is O=C(N1CCCCC1)N1CCOC1. The number of carbonyl (C=O) groups excluding carboxylic acids is 1. The summed E-state index contributed by atoms with van der Waals surface area (Å²) < 4.78 is 5.15. The van der Waals surface area contributed by atoms with Crippen molar-refractivity contribution in [3.63, 3.8) is 0 Å². The minimum absolute atomic E-state index is 0.164. The molecule has 0 unspecified atom stereocenters. The molecule has 0 N–H and O–H groups in total. The lowest BCUT2D eigenvalue weighted by Gasteiger charge is -2.30. The van der Waals surface area contributed by atoms with Gasteiger partial charge in [-0.05, 0) is 19.3 Å². The zero-order valence-corrected chi connectivity index (χ0v) is 7.87. The summed E-state index contributed by atoms with van der Waals surface area (Å²) >= 11 is 0. The van der Waals surface area contributed by atoms with Crippen LogP contribution in [0.4, 0.5) is 4.79 Å². The maximum absolute atomic E-state index is 11.8. The average Bonchev–Trinajstić information content (AvgIpc) is 2.71. The van der Waals surface area contributed by atoms with E-state index in [1.54, 1.807) is 4.90 Å². The number of hydrogen-bond donors (Lipinski definition) is 0. The van der Waals surface area contributed by atoms with E-state index in [1.165, 1.54) is 6.42 Å². The highest BCUT2D eigenvalue weighted by molar-refractivity contribution is 5.74. The van der Waals surface area contributed by atoms with E-state index in [-0.39, 0.29) is 6.03 Å². The Labute approximate surface area is 78.4 Å². The van der Waals surface area contributed by atoms with Crippen molar-refractivity contribution < 1.29 is 9.53 Å². The predicted octanol–water partition coefficient (Wildman–Crippen LogP) is 0.882. The molecule has 74 valence electrons. The second-order valence-electron chi connectivity index (χ2n) is 3.63. The first-order valence-electron chi connectivity index (χ1n) is 4.99. The summed E-state index contributed by atoms with van der Waals surface area (Å²) in [6.07, 6.45) is 3.57. The van der Waals surface area contributed by atoms with Gasteiger partial charge in [-0.25, -0.2) is 4.79 Å². The van der Waals surface area contributed by atoms with E-state index in [0.29, 0.717) is 13.3 Å². The molecule has 13 heavy (non-hydrogen) atoms. The lowest BCUT2D eigenvalue weighted by Crippen LogP contribution is -2.44. The number of carbonyl (C=O) groups is 1. The first kappa shape index (κ1) is 8.81. The van der Waals surface area contributed by atoms with Gasteiger partial charge < -0.3 is 9.64 Å². The van der Waals surface area contributed by atoms with E-state index in [9.17, 15) is 4.79 Å². The Kier molecular flexibility index (Phi) is 2.68. The van der Waals surface area contributed by atoms with Crippen LogP contribution in [0.5, 0.6) is 0 Å². The first-order chi connectivity index (χ1) is 6.38. The third-order valence-corrected chi connectivity index (χ3v) is 2.65. The van der Waals surface area contributed by atoms with E-state index >= 15 is 0 Å². The van der Waals surface area contributed by atoms with Gasteiger partial charge in [0, 0.05) is 19.6 Å². The summed E-state index contributed by atoms with van der Waals surface area (Å²) in [6.45, 7) is 3.79. The van der Waals surface area contributed by atoms with Gasteiger partial charge >= 0.3 is 6.03 Å². The zero-order chi connectivity index (χ0) is 9.10. The minimum Gasteiger partial charge on any atom is -0.359 e. The Morgan fingerprint density at radius 3 is 2.38 bits per heavy atom. The molecule has 0 atom stereocenters. The highest BCUT2D eigenvalue weighted by atomic mass is 16.5. The van der Waals surface area contributed by atoms with E-state index in [1.807, 2.05) is 4.90 Å². The van der Waals surface area contributed by atoms with Crippen LogP contribution >= 0.6 is 0 Å². The number of nitrogens with zero attached hydrogens (tertiary/aromatic N) is 2. The highest BCUT2D eigenvalue weighted by Crippen LogP contribution is 2.12. The topological polar surface area (TPSA) is 32.8 Å². The molecule has 0 spiro atoms. The minimum atomic E-state index is 0.164. The van der Waals surface area contributed by atoms with Gasteiger partial charge in [-0.3, -0.25) is 4.90 Å². The van der Waals surface area contributed by atoms with Crippen LogP contribution in [0.25, 0.3) is 0 Å². The molecule has 2 amide bonds. The molecule has 4 nitrogen and oxygen atoms in total. The summed E-state index contributed by atoms with van der Waals surface area (Å²) in [5, 5.41) is 0. The van der Waals surface area contributed by atoms with Gasteiger partial charge in [0.2, 0.25) is 0 Å². The van der Waals surface area contributed by atoms with Crippen LogP contribution in [0.1, 0.15) is 19.3 Å². The van der Waals surface area contributed by atoms with Crippen molar-refractivity contribution in [3.8, 4) is 0 Å². The molecule has 0 aromatic rings. The second-order valence-corrected chi connectivity index (χ2v) is 3.63. The van der Waals surface area contributed by atoms with Crippen LogP contribution in [-0.2, 0) is 4.74 Å². The van der Waals surface area contributed by atoms with Crippen LogP contribution in [0, 0.1) is 0 Å². The maximum Gasteiger partial charge on any atom is 0.321 e. The number of hydrogen-bond acceptors (Lipinski definition) is 2. The second kappa shape index (κ2) is 3.96. The molecule has 0 aromatic heterocycles. The molecule has 2 heterocycles. The maximum atomic E-state index is 11.8. The van der Waals surface area contributed by atoms with E-state index in [4.69, 9.17) is 4.74 Å². The lowest BCUT2D eigenvalue weighted by atomic mass is 10.1. The molecule has 0 saturated carbocycles. The fourth-order valence-corrected chi connectivity index (χ4v) is 1.85. The van der Waals surface area contributed by atoms with Crippen molar-refractivity contribution in [2.45, 2.75) is 19.3 Å². The fourth-order valence-electron chi connectivity index (χ4n) is 1.85. The predicted molar refractivity (Wildman–Crippen MR) is 48.3 cm³/mol. The van der Waals surface area contributed by atoms with Crippen molar-refractivity contribution in [1.29, 1.82) is 0 Å². The fraction of sp³-hybridized carbons (Fsp3) is 0.889. The highest BCUT2D eigenvalue weighted by Gasteiger charge is 2.24. The van der Waals surface area contributed by atoms with Gasteiger partial charge in [0.1, 0.15) is 6.73 Å². The molecule has 2 fully saturated rings. The van der Waals surface area contributed by atoms with Gasteiger partial charge in [-0.1, -0.05) is 0 Å². The third kappa shape index (κ3) is 1.94. The Hall–Kier alpha value is -0.770. The van der Waals surface area contributed by atoms with E-state index < -0.39 is 0 Å². The largest absolute Gasteiger partial charge is 0.359 e. The normalized spacial score (nSPS) is 23.7. The van der Waals surface area contributed by atoms with E-state index in [2.05, 4.69) is 0 Å². The summed E-state index contributed by atoms with van der Waals surface area (Å²) in [5.74, 6) is 0. The quantitative estimate of drug-likeness (QED) is 0.560. The molecule has 0 aromatic carbocycles. The molecule has 4 heteroatoms. The van der Waals surface area contributed by atoms with Gasteiger partial charge in [-0.2, -0.15) is 0 Å². The van der Waals surface area contributed by atoms with Crippen LogP contribution < -0.4 is 0 Å². The summed E-state index contributed by atoms with van der Waals surface area (Å²) in [4.78, 5) is 15.5. The number of piperidine rings is 1. The molecular formula is C9H16N2O2. The molecule has 2 rings (SSSR count). The van der Waals surface area contributed by atoms with Crippen LogP contribution in [0.15, 0.2) is 0 Å². The zero-order valence-electron chi connectivity index (χ0n) is 7.87. The molecule has 2 aliphatic rings. The molecule has 0 bridgehead atoms. The lowest BCUT2D eigenvalue weighted by molar-refractivity contribution is 0.117. The monoisotopic (exact) mass is 184 g/mol. The van der Waals surface area contributed by atoms with Crippen molar-refractivity contribution in [2.24, 2.45) is 0 Å². The first-order valence-corrected chi connectivity index (χ1v) is 4.99. The Morgan fingerprint density at radius 1 is 1.00 bits per heavy atom. The molecular weight excluding hydrogens is 168 g/mol. The van der Waals surface area contributed by atoms with Crippen molar-refractivity contribution >= 4 is 6.03 Å². The smallest absolute Gasteiger partial charge is 0.321 e. The van der Waals surface area contributed by atoms with Crippen LogP contribution in [0.2, 0.25) is 0 Å². The van der Waals surface area contributed by atoms with Gasteiger partial charge in [-0.15, -0.1) is 0 Å². The van der Waals surface area contributed by atoms with Gasteiger partial charge in [0.05, 0.1) is 6.61 Å². The van der Waals surface area contributed by atoms with Crippen molar-refractivity contribution in [3.05, 3.63) is 0 Å². The van der Waals surface area contributed by atoms with Crippen molar-refractivity contribution in [1.82, 2.24) is 9.80 Å². The Balaban J connectivity index is 1.87. The van der Waals surface area contributed by atoms with Gasteiger partial charge in [0.15, 0.2) is 0 Å².